The summed E-state index contributed by atoms with van der Waals surface area (Å²) in [7, 11) is 1.64. The number of hydrogen-bond acceptors (Lipinski definition) is 5. The number of aryl methyl sites for hydroxylation is 3. The van der Waals surface area contributed by atoms with Gasteiger partial charge >= 0.3 is 0 Å². The van der Waals surface area contributed by atoms with Crippen molar-refractivity contribution >= 4 is 34.3 Å². The summed E-state index contributed by atoms with van der Waals surface area (Å²) in [5, 5.41) is 3.74. The Kier molecular flexibility index (Phi) is 7.51. The molecule has 0 saturated carbocycles. The molecule has 0 spiro atoms. The van der Waals surface area contributed by atoms with E-state index in [1.54, 1.807) is 17.7 Å². The first kappa shape index (κ1) is 23.0. The number of aromatic nitrogens is 2. The Hall–Kier alpha value is -2.64. The molecule has 6 nitrogen and oxygen atoms in total. The summed E-state index contributed by atoms with van der Waals surface area (Å²) in [5.41, 5.74) is 4.60. The van der Waals surface area contributed by atoms with Gasteiger partial charge in [0.25, 0.3) is 5.56 Å². The predicted molar refractivity (Wildman–Crippen MR) is 127 cm³/mol. The van der Waals surface area contributed by atoms with Crippen LogP contribution in [0.5, 0.6) is 0 Å². The van der Waals surface area contributed by atoms with Crippen molar-refractivity contribution in [2.45, 2.75) is 51.1 Å². The lowest BCUT2D eigenvalue weighted by Gasteiger charge is -2.18. The molecule has 0 aliphatic rings. The van der Waals surface area contributed by atoms with Gasteiger partial charge in [-0.25, -0.2) is 4.98 Å². The van der Waals surface area contributed by atoms with Crippen LogP contribution in [0, 0.1) is 20.8 Å². The number of methoxy groups -OCH3 is 1. The van der Waals surface area contributed by atoms with Crippen molar-refractivity contribution in [3.8, 4) is 0 Å². The number of para-hydroxylation sites is 1. The van der Waals surface area contributed by atoms with E-state index in [1.807, 2.05) is 45.9 Å². The first-order valence-corrected chi connectivity index (χ1v) is 11.2. The van der Waals surface area contributed by atoms with E-state index in [4.69, 9.17) is 9.72 Å². The molecule has 31 heavy (non-hydrogen) atoms. The van der Waals surface area contributed by atoms with E-state index < -0.39 is 5.25 Å². The number of amides is 1. The minimum absolute atomic E-state index is 0.0953. The van der Waals surface area contributed by atoms with Crippen LogP contribution >= 0.6 is 11.8 Å². The van der Waals surface area contributed by atoms with Crippen LogP contribution in [0.4, 0.5) is 5.69 Å². The van der Waals surface area contributed by atoms with Gasteiger partial charge in [0.15, 0.2) is 5.16 Å². The number of anilines is 1. The standard InChI is InChI=1S/C24H29N3O3S/c1-15-13-16(2)21(17(3)14-15)26-22(28)18(4)31-24-25-20-10-7-6-9-19(20)23(29)27(24)11-8-12-30-5/h6-7,9-10,13-14,18H,8,11-12H2,1-5H3,(H,26,28). The highest BCUT2D eigenvalue weighted by molar-refractivity contribution is 8.00. The zero-order valence-electron chi connectivity index (χ0n) is 18.7. The Morgan fingerprint density at radius 2 is 1.87 bits per heavy atom. The number of ether oxygens (including phenoxy) is 1. The number of nitrogens with zero attached hydrogens (tertiary/aromatic N) is 2. The zero-order valence-corrected chi connectivity index (χ0v) is 19.5. The SMILES string of the molecule is COCCCn1c(SC(C)C(=O)Nc2c(C)cc(C)cc2C)nc2ccccc2c1=O. The number of carbonyl (C=O) groups is 1. The highest BCUT2D eigenvalue weighted by Gasteiger charge is 2.20. The van der Waals surface area contributed by atoms with E-state index in [9.17, 15) is 9.59 Å². The van der Waals surface area contributed by atoms with Gasteiger partial charge < -0.3 is 10.1 Å². The van der Waals surface area contributed by atoms with Crippen molar-refractivity contribution < 1.29 is 9.53 Å². The molecular weight excluding hydrogens is 410 g/mol. The number of hydrogen-bond donors (Lipinski definition) is 1. The van der Waals surface area contributed by atoms with Gasteiger partial charge in [0.05, 0.1) is 16.2 Å². The Morgan fingerprint density at radius 1 is 1.19 bits per heavy atom. The molecule has 2 aromatic carbocycles. The minimum atomic E-state index is -0.429. The zero-order chi connectivity index (χ0) is 22.5. The Labute approximate surface area is 187 Å². The highest BCUT2D eigenvalue weighted by atomic mass is 32.2. The summed E-state index contributed by atoms with van der Waals surface area (Å²) < 4.78 is 6.79. The van der Waals surface area contributed by atoms with Gasteiger partial charge in [0, 0.05) is 25.9 Å². The van der Waals surface area contributed by atoms with Gasteiger partial charge in [-0.15, -0.1) is 0 Å². The van der Waals surface area contributed by atoms with Crippen molar-refractivity contribution in [2.24, 2.45) is 0 Å². The molecule has 3 aromatic rings. The number of fused-ring (bicyclic) bond motifs is 1. The lowest BCUT2D eigenvalue weighted by Crippen LogP contribution is -2.27. The first-order chi connectivity index (χ1) is 14.8. The van der Waals surface area contributed by atoms with Gasteiger partial charge in [-0.3, -0.25) is 14.2 Å². The van der Waals surface area contributed by atoms with E-state index in [1.165, 1.54) is 11.8 Å². The second-order valence-electron chi connectivity index (χ2n) is 7.74. The van der Waals surface area contributed by atoms with Crippen LogP contribution in [0.3, 0.4) is 0 Å². The van der Waals surface area contributed by atoms with Gasteiger partial charge in [0.1, 0.15) is 0 Å². The second kappa shape index (κ2) is 10.1. The molecule has 1 aromatic heterocycles. The molecule has 0 aliphatic heterocycles. The fourth-order valence-corrected chi connectivity index (χ4v) is 4.55. The number of carbonyl (C=O) groups excluding carboxylic acids is 1. The van der Waals surface area contributed by atoms with Gasteiger partial charge in [0.2, 0.25) is 5.91 Å². The molecule has 0 radical (unpaired) electrons. The molecule has 0 saturated heterocycles. The predicted octanol–water partition coefficient (Wildman–Crippen LogP) is 4.48. The van der Waals surface area contributed by atoms with Crippen LogP contribution in [-0.2, 0) is 16.1 Å². The number of rotatable bonds is 8. The van der Waals surface area contributed by atoms with Gasteiger partial charge in [-0.05, 0) is 57.4 Å². The van der Waals surface area contributed by atoms with Crippen molar-refractivity contribution in [3.63, 3.8) is 0 Å². The molecule has 0 bridgehead atoms. The molecule has 1 atom stereocenters. The average Bonchev–Trinajstić information content (AvgIpc) is 2.72. The summed E-state index contributed by atoms with van der Waals surface area (Å²) in [5.74, 6) is -0.120. The molecule has 0 aliphatic carbocycles. The molecule has 1 amide bonds. The number of benzene rings is 2. The van der Waals surface area contributed by atoms with E-state index in [-0.39, 0.29) is 11.5 Å². The van der Waals surface area contributed by atoms with Crippen molar-refractivity contribution in [3.05, 3.63) is 63.4 Å². The normalized spacial score (nSPS) is 12.2. The average molecular weight is 440 g/mol. The third kappa shape index (κ3) is 5.35. The Morgan fingerprint density at radius 3 is 2.55 bits per heavy atom. The second-order valence-corrected chi connectivity index (χ2v) is 9.05. The summed E-state index contributed by atoms with van der Waals surface area (Å²) in [4.78, 5) is 30.7. The Bertz CT molecular complexity index is 1130. The van der Waals surface area contributed by atoms with E-state index in [0.29, 0.717) is 35.6 Å². The maximum atomic E-state index is 13.1. The molecule has 3 rings (SSSR count). The van der Waals surface area contributed by atoms with Crippen LogP contribution < -0.4 is 10.9 Å². The smallest absolute Gasteiger partial charge is 0.262 e. The summed E-state index contributed by atoms with van der Waals surface area (Å²) in [6.45, 7) is 8.89. The van der Waals surface area contributed by atoms with Crippen molar-refractivity contribution in [1.29, 1.82) is 0 Å². The summed E-state index contributed by atoms with van der Waals surface area (Å²) in [6.07, 6.45) is 0.687. The molecule has 1 unspecified atom stereocenters. The molecule has 7 heteroatoms. The van der Waals surface area contributed by atoms with Crippen LogP contribution in [0.2, 0.25) is 0 Å². The molecule has 1 N–H and O–H groups in total. The number of nitrogens with one attached hydrogen (secondary N) is 1. The van der Waals surface area contributed by atoms with Gasteiger partial charge in [-0.1, -0.05) is 41.6 Å². The summed E-state index contributed by atoms with van der Waals surface area (Å²) >= 11 is 1.30. The number of thioether (sulfide) groups is 1. The highest BCUT2D eigenvalue weighted by Crippen LogP contribution is 2.26. The third-order valence-corrected chi connectivity index (χ3v) is 6.22. The molecule has 164 valence electrons. The minimum Gasteiger partial charge on any atom is -0.385 e. The molecular formula is C24H29N3O3S. The van der Waals surface area contributed by atoms with E-state index in [0.717, 1.165) is 22.4 Å². The largest absolute Gasteiger partial charge is 0.385 e. The Balaban J connectivity index is 1.88. The van der Waals surface area contributed by atoms with Crippen LogP contribution in [-0.4, -0.2) is 34.4 Å². The fourth-order valence-electron chi connectivity index (χ4n) is 3.62. The molecule has 1 heterocycles. The van der Waals surface area contributed by atoms with Crippen LogP contribution in [0.1, 0.15) is 30.0 Å². The van der Waals surface area contributed by atoms with E-state index in [2.05, 4.69) is 17.4 Å². The van der Waals surface area contributed by atoms with Crippen molar-refractivity contribution in [1.82, 2.24) is 9.55 Å². The molecule has 0 fully saturated rings. The monoisotopic (exact) mass is 439 g/mol. The summed E-state index contributed by atoms with van der Waals surface area (Å²) in [6, 6.07) is 11.4. The topological polar surface area (TPSA) is 73.2 Å². The van der Waals surface area contributed by atoms with Crippen LogP contribution in [0.25, 0.3) is 10.9 Å². The van der Waals surface area contributed by atoms with Gasteiger partial charge in [-0.2, -0.15) is 0 Å². The maximum Gasteiger partial charge on any atom is 0.262 e. The first-order valence-electron chi connectivity index (χ1n) is 10.4. The quantitative estimate of drug-likeness (QED) is 0.318. The van der Waals surface area contributed by atoms with Crippen LogP contribution in [0.15, 0.2) is 46.3 Å². The fraction of sp³-hybridized carbons (Fsp3) is 0.375. The van der Waals surface area contributed by atoms with Crippen molar-refractivity contribution in [2.75, 3.05) is 19.0 Å². The third-order valence-electron chi connectivity index (χ3n) is 5.13. The lowest BCUT2D eigenvalue weighted by molar-refractivity contribution is -0.115. The lowest BCUT2D eigenvalue weighted by atomic mass is 10.1. The van der Waals surface area contributed by atoms with E-state index >= 15 is 0 Å². The maximum absolute atomic E-state index is 13.1.